The summed E-state index contributed by atoms with van der Waals surface area (Å²) >= 11 is 12.1. The van der Waals surface area contributed by atoms with E-state index in [0.29, 0.717) is 22.3 Å². The zero-order chi connectivity index (χ0) is 23.3. The number of halogens is 2. The highest BCUT2D eigenvalue weighted by Gasteiger charge is 2.37. The second-order valence-electron chi connectivity index (χ2n) is 8.19. The zero-order valence-corrected chi connectivity index (χ0v) is 19.9. The number of nitrogens with zero attached hydrogens (tertiary/aromatic N) is 2. The van der Waals surface area contributed by atoms with Crippen LogP contribution in [0.15, 0.2) is 72.8 Å². The molecule has 0 spiro atoms. The summed E-state index contributed by atoms with van der Waals surface area (Å²) < 4.78 is 0. The lowest BCUT2D eigenvalue weighted by Crippen LogP contribution is -2.54. The van der Waals surface area contributed by atoms with Gasteiger partial charge in [0.25, 0.3) is 5.91 Å². The van der Waals surface area contributed by atoms with E-state index in [2.05, 4.69) is 18.2 Å². The van der Waals surface area contributed by atoms with Crippen LogP contribution in [0.2, 0.25) is 10.0 Å². The van der Waals surface area contributed by atoms with Crippen LogP contribution in [0.1, 0.15) is 30.5 Å². The number of carbonyl (C=O) groups is 2. The van der Waals surface area contributed by atoms with Gasteiger partial charge in [-0.2, -0.15) is 0 Å². The molecule has 3 aromatic carbocycles. The first-order chi connectivity index (χ1) is 15.2. The van der Waals surface area contributed by atoms with Crippen molar-refractivity contribution < 1.29 is 9.59 Å². The van der Waals surface area contributed by atoms with Crippen LogP contribution in [-0.2, 0) is 22.6 Å². The van der Waals surface area contributed by atoms with Crippen molar-refractivity contribution in [2.24, 2.45) is 0 Å². The number of benzene rings is 3. The molecule has 3 aromatic rings. The fourth-order valence-corrected chi connectivity index (χ4v) is 3.89. The summed E-state index contributed by atoms with van der Waals surface area (Å²) in [5.41, 5.74) is 2.83. The quantitative estimate of drug-likeness (QED) is 0.381. The number of hydrogen-bond acceptors (Lipinski definition) is 2. The highest BCUT2D eigenvalue weighted by atomic mass is 35.5. The smallest absolute Gasteiger partial charge is 0.252 e. The molecule has 32 heavy (non-hydrogen) atoms. The third kappa shape index (κ3) is 5.32. The normalized spacial score (nSPS) is 11.2. The average molecular weight is 469 g/mol. The van der Waals surface area contributed by atoms with Crippen molar-refractivity contribution in [2.75, 3.05) is 11.9 Å². The third-order valence-corrected chi connectivity index (χ3v) is 6.40. The van der Waals surface area contributed by atoms with Crippen LogP contribution in [0.4, 0.5) is 5.69 Å². The molecule has 2 amide bonds. The van der Waals surface area contributed by atoms with Crippen molar-refractivity contribution in [2.45, 2.75) is 32.4 Å². The average Bonchev–Trinajstić information content (AvgIpc) is 2.79. The van der Waals surface area contributed by atoms with Crippen molar-refractivity contribution in [3.63, 3.8) is 0 Å². The second-order valence-corrected chi connectivity index (χ2v) is 9.00. The van der Waals surface area contributed by atoms with Gasteiger partial charge in [-0.05, 0) is 55.2 Å². The number of carbonyl (C=O) groups excluding carboxylic acids is 2. The number of likely N-dealkylation sites (N-methyl/N-ethyl adjacent to an activating group) is 1. The molecule has 0 aliphatic rings. The van der Waals surface area contributed by atoms with E-state index in [1.807, 2.05) is 36.4 Å². The van der Waals surface area contributed by atoms with Crippen LogP contribution in [0.25, 0.3) is 0 Å². The lowest BCUT2D eigenvalue weighted by molar-refractivity contribution is -0.137. The van der Waals surface area contributed by atoms with Crippen LogP contribution in [0, 0.1) is 0 Å². The van der Waals surface area contributed by atoms with Gasteiger partial charge in [-0.25, -0.2) is 0 Å². The summed E-state index contributed by atoms with van der Waals surface area (Å²) in [4.78, 5) is 28.5. The third-order valence-electron chi connectivity index (χ3n) is 5.66. The Hall–Kier alpha value is -2.82. The highest BCUT2D eigenvalue weighted by molar-refractivity contribution is 6.42. The molecular weight excluding hydrogens is 443 g/mol. The SMILES string of the molecule is CN(C(=O)C(C)(C)N(C=O)Cc1ccccc1Cc1ccccc1)c1ccc(Cl)c(Cl)c1. The molecular formula is C26H26Cl2N2O2. The van der Waals surface area contributed by atoms with Gasteiger partial charge in [0.15, 0.2) is 0 Å². The number of rotatable bonds is 8. The molecule has 0 N–H and O–H groups in total. The van der Waals surface area contributed by atoms with E-state index in [-0.39, 0.29) is 5.91 Å². The van der Waals surface area contributed by atoms with Gasteiger partial charge in [0, 0.05) is 19.3 Å². The minimum atomic E-state index is -1.08. The van der Waals surface area contributed by atoms with Gasteiger partial charge in [0.2, 0.25) is 6.41 Å². The first kappa shape index (κ1) is 23.8. The van der Waals surface area contributed by atoms with E-state index in [9.17, 15) is 9.59 Å². The molecule has 6 heteroatoms. The molecule has 0 fully saturated rings. The zero-order valence-electron chi connectivity index (χ0n) is 18.4. The molecule has 0 unspecified atom stereocenters. The Balaban J connectivity index is 1.83. The summed E-state index contributed by atoms with van der Waals surface area (Å²) in [6.45, 7) is 3.82. The van der Waals surface area contributed by atoms with Gasteiger partial charge in [-0.3, -0.25) is 9.59 Å². The Morgan fingerprint density at radius 2 is 1.53 bits per heavy atom. The van der Waals surface area contributed by atoms with Gasteiger partial charge >= 0.3 is 0 Å². The Bertz CT molecular complexity index is 1100. The fourth-order valence-electron chi connectivity index (χ4n) is 3.59. The van der Waals surface area contributed by atoms with Crippen LogP contribution in [0.3, 0.4) is 0 Å². The van der Waals surface area contributed by atoms with Crippen molar-refractivity contribution in [1.29, 1.82) is 0 Å². The lowest BCUT2D eigenvalue weighted by atomic mass is 9.96. The van der Waals surface area contributed by atoms with Crippen LogP contribution >= 0.6 is 23.2 Å². The molecule has 0 radical (unpaired) electrons. The van der Waals surface area contributed by atoms with Crippen LogP contribution in [0.5, 0.6) is 0 Å². The second kappa shape index (κ2) is 10.2. The highest BCUT2D eigenvalue weighted by Crippen LogP contribution is 2.29. The summed E-state index contributed by atoms with van der Waals surface area (Å²) in [6.07, 6.45) is 1.49. The number of hydrogen-bond donors (Lipinski definition) is 0. The van der Waals surface area contributed by atoms with E-state index in [4.69, 9.17) is 23.2 Å². The van der Waals surface area contributed by atoms with Crippen molar-refractivity contribution >= 4 is 41.2 Å². The molecule has 3 rings (SSSR count). The molecule has 0 bridgehead atoms. The van der Waals surface area contributed by atoms with Gasteiger partial charge < -0.3 is 9.80 Å². The first-order valence-corrected chi connectivity index (χ1v) is 11.1. The Morgan fingerprint density at radius 1 is 0.906 bits per heavy atom. The summed E-state index contributed by atoms with van der Waals surface area (Å²) in [5.74, 6) is -0.233. The molecule has 0 heterocycles. The molecule has 0 saturated carbocycles. The number of amides is 2. The molecule has 166 valence electrons. The van der Waals surface area contributed by atoms with Crippen molar-refractivity contribution in [3.05, 3.63) is 99.5 Å². The maximum Gasteiger partial charge on any atom is 0.252 e. The van der Waals surface area contributed by atoms with Gasteiger partial charge in [-0.15, -0.1) is 0 Å². The van der Waals surface area contributed by atoms with Crippen LogP contribution in [-0.4, -0.2) is 29.8 Å². The summed E-state index contributed by atoms with van der Waals surface area (Å²) in [7, 11) is 1.66. The maximum absolute atomic E-state index is 13.4. The van der Waals surface area contributed by atoms with Gasteiger partial charge in [-0.1, -0.05) is 77.8 Å². The Kier molecular flexibility index (Phi) is 7.60. The standard InChI is InChI=1S/C26H26Cl2N2O2/c1-26(2,25(32)29(3)22-13-14-23(27)24(28)16-22)30(18-31)17-21-12-8-7-11-20(21)15-19-9-5-4-6-10-19/h4-14,16,18H,15,17H2,1-3H3. The largest absolute Gasteiger partial charge is 0.327 e. The molecule has 0 atom stereocenters. The van der Waals surface area contributed by atoms with E-state index in [0.717, 1.165) is 24.0 Å². The topological polar surface area (TPSA) is 40.6 Å². The minimum absolute atomic E-state index is 0.233. The summed E-state index contributed by atoms with van der Waals surface area (Å²) in [6, 6.07) is 23.2. The van der Waals surface area contributed by atoms with E-state index in [1.54, 1.807) is 39.1 Å². The van der Waals surface area contributed by atoms with Crippen LogP contribution < -0.4 is 4.90 Å². The monoisotopic (exact) mass is 468 g/mol. The fraction of sp³-hybridized carbons (Fsp3) is 0.231. The molecule has 0 aromatic heterocycles. The molecule has 0 saturated heterocycles. The summed E-state index contributed by atoms with van der Waals surface area (Å²) in [5, 5.41) is 0.781. The van der Waals surface area contributed by atoms with Gasteiger partial charge in [0.1, 0.15) is 5.54 Å². The predicted octanol–water partition coefficient (Wildman–Crippen LogP) is 5.98. The molecule has 4 nitrogen and oxygen atoms in total. The Morgan fingerprint density at radius 3 is 2.16 bits per heavy atom. The minimum Gasteiger partial charge on any atom is -0.327 e. The Labute approximate surface area is 199 Å². The van der Waals surface area contributed by atoms with E-state index in [1.165, 1.54) is 15.4 Å². The lowest BCUT2D eigenvalue weighted by Gasteiger charge is -2.37. The molecule has 0 aliphatic heterocycles. The maximum atomic E-state index is 13.4. The molecule has 0 aliphatic carbocycles. The van der Waals surface area contributed by atoms with Crippen molar-refractivity contribution in [3.8, 4) is 0 Å². The van der Waals surface area contributed by atoms with E-state index >= 15 is 0 Å². The number of anilines is 1. The van der Waals surface area contributed by atoms with E-state index < -0.39 is 5.54 Å². The first-order valence-electron chi connectivity index (χ1n) is 10.3. The van der Waals surface area contributed by atoms with Crippen molar-refractivity contribution in [1.82, 2.24) is 4.90 Å². The van der Waals surface area contributed by atoms with Gasteiger partial charge in [0.05, 0.1) is 10.0 Å². The predicted molar refractivity (Wildman–Crippen MR) is 131 cm³/mol.